The molecule has 0 fully saturated rings. The predicted octanol–water partition coefficient (Wildman–Crippen LogP) is 2.47. The molecule has 4 nitrogen and oxygen atoms in total. The fraction of sp³-hybridized carbons (Fsp3) is 0.417. The lowest BCUT2D eigenvalue weighted by molar-refractivity contribution is -0.137. The van der Waals surface area contributed by atoms with Gasteiger partial charge in [-0.3, -0.25) is 4.79 Å². The minimum Gasteiger partial charge on any atom is -0.506 e. The van der Waals surface area contributed by atoms with Crippen molar-refractivity contribution < 1.29 is 15.0 Å². The Morgan fingerprint density at radius 2 is 2.18 bits per heavy atom. The molecule has 1 aromatic carbocycles. The zero-order valence-corrected chi connectivity index (χ0v) is 10.4. The lowest BCUT2D eigenvalue weighted by Crippen LogP contribution is -2.13. The molecular formula is C12H16ClNO3. The van der Waals surface area contributed by atoms with E-state index in [2.05, 4.69) is 0 Å². The molecule has 0 heterocycles. The highest BCUT2D eigenvalue weighted by molar-refractivity contribution is 6.32. The molecule has 17 heavy (non-hydrogen) atoms. The fourth-order valence-electron chi connectivity index (χ4n) is 1.60. The van der Waals surface area contributed by atoms with E-state index in [0.29, 0.717) is 5.56 Å². The van der Waals surface area contributed by atoms with Crippen molar-refractivity contribution in [2.24, 2.45) is 5.73 Å². The molecule has 1 rings (SSSR count). The number of nitrogens with two attached hydrogens (primary N) is 1. The molecule has 1 unspecified atom stereocenters. The van der Waals surface area contributed by atoms with Gasteiger partial charge in [-0.25, -0.2) is 0 Å². The number of hydrogen-bond donors (Lipinski definition) is 3. The average molecular weight is 258 g/mol. The van der Waals surface area contributed by atoms with Crippen LogP contribution in [-0.4, -0.2) is 16.2 Å². The summed E-state index contributed by atoms with van der Waals surface area (Å²) in [5.74, 6) is -0.959. The van der Waals surface area contributed by atoms with Gasteiger partial charge in [-0.05, 0) is 24.5 Å². The first-order chi connectivity index (χ1) is 7.95. The number of hydrogen-bond acceptors (Lipinski definition) is 3. The molecule has 94 valence electrons. The molecule has 0 aliphatic carbocycles. The Morgan fingerprint density at radius 1 is 1.53 bits per heavy atom. The third-order valence-electron chi connectivity index (χ3n) is 2.63. The molecular weight excluding hydrogens is 242 g/mol. The lowest BCUT2D eigenvalue weighted by atomic mass is 9.98. The first kappa shape index (κ1) is 13.8. The SMILES string of the molecule is CCc1cc(Cl)c(O)c(C(N)CCC(=O)O)c1. The summed E-state index contributed by atoms with van der Waals surface area (Å²) in [6.07, 6.45) is 1.01. The molecule has 0 aliphatic heterocycles. The molecule has 0 spiro atoms. The number of aromatic hydroxyl groups is 1. The fourth-order valence-corrected chi connectivity index (χ4v) is 1.85. The molecule has 1 aromatic rings. The molecule has 0 radical (unpaired) electrons. The van der Waals surface area contributed by atoms with Crippen LogP contribution >= 0.6 is 11.6 Å². The molecule has 0 saturated heterocycles. The Kier molecular flexibility index (Phi) is 4.78. The Labute approximate surface area is 105 Å². The molecule has 1 atom stereocenters. The van der Waals surface area contributed by atoms with E-state index in [4.69, 9.17) is 22.4 Å². The van der Waals surface area contributed by atoms with Crippen molar-refractivity contribution in [2.45, 2.75) is 32.2 Å². The summed E-state index contributed by atoms with van der Waals surface area (Å²) in [4.78, 5) is 10.5. The van der Waals surface area contributed by atoms with Crippen molar-refractivity contribution in [3.63, 3.8) is 0 Å². The van der Waals surface area contributed by atoms with Gasteiger partial charge >= 0.3 is 5.97 Å². The summed E-state index contributed by atoms with van der Waals surface area (Å²) in [6.45, 7) is 1.97. The summed E-state index contributed by atoms with van der Waals surface area (Å²) >= 11 is 5.88. The van der Waals surface area contributed by atoms with Crippen LogP contribution in [0, 0.1) is 0 Å². The number of rotatable bonds is 5. The maximum Gasteiger partial charge on any atom is 0.303 e. The molecule has 0 amide bonds. The lowest BCUT2D eigenvalue weighted by Gasteiger charge is -2.15. The maximum atomic E-state index is 10.5. The highest BCUT2D eigenvalue weighted by Gasteiger charge is 2.15. The van der Waals surface area contributed by atoms with Gasteiger partial charge < -0.3 is 15.9 Å². The van der Waals surface area contributed by atoms with Crippen LogP contribution in [0.4, 0.5) is 0 Å². The van der Waals surface area contributed by atoms with Gasteiger partial charge in [0.05, 0.1) is 5.02 Å². The van der Waals surface area contributed by atoms with Crippen LogP contribution in [0.3, 0.4) is 0 Å². The van der Waals surface area contributed by atoms with Crippen molar-refractivity contribution in [2.75, 3.05) is 0 Å². The van der Waals surface area contributed by atoms with Gasteiger partial charge in [0.25, 0.3) is 0 Å². The quantitative estimate of drug-likeness (QED) is 0.757. The molecule has 5 heteroatoms. The van der Waals surface area contributed by atoms with Gasteiger partial charge in [-0.1, -0.05) is 24.6 Å². The summed E-state index contributed by atoms with van der Waals surface area (Å²) in [7, 11) is 0. The van der Waals surface area contributed by atoms with Gasteiger partial charge in [0.15, 0.2) is 0 Å². The summed E-state index contributed by atoms with van der Waals surface area (Å²) in [5, 5.41) is 18.6. The van der Waals surface area contributed by atoms with Crippen LogP contribution in [0.25, 0.3) is 0 Å². The van der Waals surface area contributed by atoms with Crippen molar-refractivity contribution >= 4 is 17.6 Å². The van der Waals surface area contributed by atoms with Gasteiger partial charge in [-0.2, -0.15) is 0 Å². The van der Waals surface area contributed by atoms with E-state index < -0.39 is 12.0 Å². The molecule has 0 aliphatic rings. The Balaban J connectivity index is 2.95. The second kappa shape index (κ2) is 5.89. The first-order valence-electron chi connectivity index (χ1n) is 5.44. The average Bonchev–Trinajstić information content (AvgIpc) is 2.29. The first-order valence-corrected chi connectivity index (χ1v) is 5.82. The summed E-state index contributed by atoms with van der Waals surface area (Å²) in [6, 6.07) is 2.94. The molecule has 4 N–H and O–H groups in total. The predicted molar refractivity (Wildman–Crippen MR) is 66.3 cm³/mol. The largest absolute Gasteiger partial charge is 0.506 e. The number of carbonyl (C=O) groups is 1. The van der Waals surface area contributed by atoms with Crippen LogP contribution in [0.15, 0.2) is 12.1 Å². The van der Waals surface area contributed by atoms with Crippen LogP contribution in [0.5, 0.6) is 5.75 Å². The number of phenolic OH excluding ortho intramolecular Hbond substituents is 1. The van der Waals surface area contributed by atoms with Crippen molar-refractivity contribution in [3.05, 3.63) is 28.3 Å². The van der Waals surface area contributed by atoms with Gasteiger partial charge in [-0.15, -0.1) is 0 Å². The highest BCUT2D eigenvalue weighted by atomic mass is 35.5. The van der Waals surface area contributed by atoms with Crippen molar-refractivity contribution in [1.29, 1.82) is 0 Å². The third-order valence-corrected chi connectivity index (χ3v) is 2.92. The van der Waals surface area contributed by atoms with Crippen molar-refractivity contribution in [3.8, 4) is 5.75 Å². The molecule has 0 aromatic heterocycles. The van der Waals surface area contributed by atoms with Gasteiger partial charge in [0, 0.05) is 18.0 Å². The van der Waals surface area contributed by atoms with E-state index in [1.165, 1.54) is 0 Å². The number of halogens is 1. The monoisotopic (exact) mass is 257 g/mol. The molecule has 0 saturated carbocycles. The third kappa shape index (κ3) is 3.61. The number of aliphatic carboxylic acids is 1. The topological polar surface area (TPSA) is 83.5 Å². The van der Waals surface area contributed by atoms with E-state index in [1.807, 2.05) is 6.92 Å². The van der Waals surface area contributed by atoms with Gasteiger partial charge in [0.1, 0.15) is 5.75 Å². The van der Waals surface area contributed by atoms with Gasteiger partial charge in [0.2, 0.25) is 0 Å². The van der Waals surface area contributed by atoms with E-state index in [1.54, 1.807) is 12.1 Å². The van der Waals surface area contributed by atoms with Crippen molar-refractivity contribution in [1.82, 2.24) is 0 Å². The smallest absolute Gasteiger partial charge is 0.303 e. The van der Waals surface area contributed by atoms with E-state index >= 15 is 0 Å². The number of aryl methyl sites for hydroxylation is 1. The van der Waals surface area contributed by atoms with Crippen LogP contribution in [0.1, 0.15) is 36.9 Å². The minimum atomic E-state index is -0.905. The van der Waals surface area contributed by atoms with E-state index in [-0.39, 0.29) is 23.6 Å². The summed E-state index contributed by atoms with van der Waals surface area (Å²) in [5.41, 5.74) is 7.33. The second-order valence-electron chi connectivity index (χ2n) is 3.91. The van der Waals surface area contributed by atoms with Crippen LogP contribution < -0.4 is 5.73 Å². The standard InChI is InChI=1S/C12H16ClNO3/c1-2-7-5-8(12(17)9(13)6-7)10(14)3-4-11(15)16/h5-6,10,17H,2-4,14H2,1H3,(H,15,16). The number of carboxylic acids is 1. The Bertz CT molecular complexity index is 420. The van der Waals surface area contributed by atoms with Crippen LogP contribution in [0.2, 0.25) is 5.02 Å². The Hall–Kier alpha value is -1.26. The minimum absolute atomic E-state index is 0.0332. The zero-order valence-electron chi connectivity index (χ0n) is 9.61. The molecule has 0 bridgehead atoms. The Morgan fingerprint density at radius 3 is 2.71 bits per heavy atom. The number of phenols is 1. The summed E-state index contributed by atoms with van der Waals surface area (Å²) < 4.78 is 0. The zero-order chi connectivity index (χ0) is 13.0. The van der Waals surface area contributed by atoms with E-state index in [9.17, 15) is 9.90 Å². The van der Waals surface area contributed by atoms with E-state index in [0.717, 1.165) is 12.0 Å². The highest BCUT2D eigenvalue weighted by Crippen LogP contribution is 2.33. The maximum absolute atomic E-state index is 10.5. The number of carboxylic acid groups (broad SMARTS) is 1. The second-order valence-corrected chi connectivity index (χ2v) is 4.32. The van der Waals surface area contributed by atoms with Crippen LogP contribution in [-0.2, 0) is 11.2 Å². The number of benzene rings is 1. The normalized spacial score (nSPS) is 12.4.